The van der Waals surface area contributed by atoms with E-state index in [1.54, 1.807) is 0 Å². The molecule has 0 aromatic rings. The summed E-state index contributed by atoms with van der Waals surface area (Å²) in [4.78, 5) is 20.6. The van der Waals surface area contributed by atoms with E-state index in [0.29, 0.717) is 6.42 Å². The Balaban J connectivity index is 3.86. The maximum Gasteiger partial charge on any atom is 0.320 e. The molecular formula is C8H15NO3. The third-order valence-electron chi connectivity index (χ3n) is 1.41. The van der Waals surface area contributed by atoms with Crippen molar-refractivity contribution < 1.29 is 14.7 Å². The van der Waals surface area contributed by atoms with Crippen molar-refractivity contribution in [1.82, 2.24) is 5.32 Å². The van der Waals surface area contributed by atoms with E-state index >= 15 is 0 Å². The van der Waals surface area contributed by atoms with E-state index in [2.05, 4.69) is 5.32 Å². The van der Waals surface area contributed by atoms with Crippen molar-refractivity contribution in [3.8, 4) is 0 Å². The number of rotatable bonds is 6. The van der Waals surface area contributed by atoms with Crippen LogP contribution in [0, 0.1) is 0 Å². The molecule has 0 unspecified atom stereocenters. The van der Waals surface area contributed by atoms with E-state index in [4.69, 9.17) is 5.11 Å². The molecule has 0 rings (SSSR count). The molecule has 0 fully saturated rings. The fourth-order valence-electron chi connectivity index (χ4n) is 0.915. The van der Waals surface area contributed by atoms with Crippen molar-refractivity contribution >= 4 is 12.3 Å². The highest BCUT2D eigenvalue weighted by molar-refractivity contribution is 5.73. The van der Waals surface area contributed by atoms with Gasteiger partial charge in [-0.1, -0.05) is 13.8 Å². The van der Waals surface area contributed by atoms with Gasteiger partial charge in [0.15, 0.2) is 0 Å². The summed E-state index contributed by atoms with van der Waals surface area (Å²) in [6.07, 6.45) is 1.38. The van der Waals surface area contributed by atoms with Gasteiger partial charge in [0.05, 0.1) is 0 Å². The van der Waals surface area contributed by atoms with Crippen molar-refractivity contribution in [1.29, 1.82) is 0 Å². The Morgan fingerprint density at radius 2 is 2.17 bits per heavy atom. The second-order valence-electron chi connectivity index (χ2n) is 2.96. The van der Waals surface area contributed by atoms with Gasteiger partial charge in [0, 0.05) is 12.5 Å². The molecule has 0 aromatic heterocycles. The van der Waals surface area contributed by atoms with Gasteiger partial charge < -0.3 is 15.2 Å². The average molecular weight is 173 g/mol. The monoisotopic (exact) mass is 173 g/mol. The molecule has 0 aliphatic rings. The molecule has 0 saturated heterocycles. The largest absolute Gasteiger partial charge is 0.480 e. The number of hydrogen-bond donors (Lipinski definition) is 2. The lowest BCUT2D eigenvalue weighted by molar-refractivity contribution is -0.139. The van der Waals surface area contributed by atoms with Crippen molar-refractivity contribution in [2.24, 2.45) is 0 Å². The minimum atomic E-state index is -0.898. The van der Waals surface area contributed by atoms with Crippen LogP contribution in [0.15, 0.2) is 0 Å². The maximum absolute atomic E-state index is 10.6. The number of aldehydes is 1. The number of carbonyl (C=O) groups is 2. The summed E-state index contributed by atoms with van der Waals surface area (Å²) in [5.74, 6) is -0.898. The van der Waals surface area contributed by atoms with Gasteiger partial charge in [-0.05, 0) is 6.42 Å². The predicted octanol–water partition coefficient (Wildman–Crippen LogP) is 0.417. The highest BCUT2D eigenvalue weighted by Gasteiger charge is 2.16. The van der Waals surface area contributed by atoms with Crippen LogP contribution in [0.3, 0.4) is 0 Å². The van der Waals surface area contributed by atoms with E-state index in [-0.39, 0.29) is 12.5 Å². The average Bonchev–Trinajstić information content (AvgIpc) is 1.96. The Morgan fingerprint density at radius 3 is 2.50 bits per heavy atom. The molecular weight excluding hydrogens is 158 g/mol. The van der Waals surface area contributed by atoms with Gasteiger partial charge >= 0.3 is 5.97 Å². The first kappa shape index (κ1) is 11.1. The molecule has 0 saturated carbocycles. The minimum Gasteiger partial charge on any atom is -0.480 e. The molecule has 0 heterocycles. The highest BCUT2D eigenvalue weighted by Crippen LogP contribution is 1.97. The molecule has 0 aliphatic carbocycles. The quantitative estimate of drug-likeness (QED) is 0.571. The SMILES string of the molecule is CC(C)N[C@@H](CCC=O)C(=O)O. The van der Waals surface area contributed by atoms with Gasteiger partial charge in [-0.25, -0.2) is 0 Å². The Morgan fingerprint density at radius 1 is 1.58 bits per heavy atom. The lowest BCUT2D eigenvalue weighted by atomic mass is 10.1. The number of carboxylic acid groups (broad SMARTS) is 1. The van der Waals surface area contributed by atoms with Crippen LogP contribution in [0.25, 0.3) is 0 Å². The zero-order valence-corrected chi connectivity index (χ0v) is 7.41. The number of carboxylic acids is 1. The van der Waals surface area contributed by atoms with Crippen LogP contribution in [0.1, 0.15) is 26.7 Å². The summed E-state index contributed by atoms with van der Waals surface area (Å²) >= 11 is 0. The molecule has 0 spiro atoms. The minimum absolute atomic E-state index is 0.123. The number of aliphatic carboxylic acids is 1. The van der Waals surface area contributed by atoms with Crippen LogP contribution in [-0.4, -0.2) is 29.4 Å². The van der Waals surface area contributed by atoms with E-state index in [1.165, 1.54) is 0 Å². The highest BCUT2D eigenvalue weighted by atomic mass is 16.4. The Labute approximate surface area is 72.0 Å². The molecule has 0 bridgehead atoms. The first-order valence-electron chi connectivity index (χ1n) is 4.00. The third kappa shape index (κ3) is 4.85. The van der Waals surface area contributed by atoms with E-state index < -0.39 is 12.0 Å². The van der Waals surface area contributed by atoms with E-state index in [1.807, 2.05) is 13.8 Å². The van der Waals surface area contributed by atoms with Crippen LogP contribution in [0.4, 0.5) is 0 Å². The number of nitrogens with one attached hydrogen (secondary N) is 1. The van der Waals surface area contributed by atoms with Crippen LogP contribution in [-0.2, 0) is 9.59 Å². The summed E-state index contributed by atoms with van der Waals surface area (Å²) < 4.78 is 0. The van der Waals surface area contributed by atoms with Crippen molar-refractivity contribution in [3.05, 3.63) is 0 Å². The molecule has 70 valence electrons. The first-order chi connectivity index (χ1) is 5.57. The second-order valence-corrected chi connectivity index (χ2v) is 2.96. The number of carbonyl (C=O) groups excluding carboxylic acids is 1. The molecule has 12 heavy (non-hydrogen) atoms. The van der Waals surface area contributed by atoms with Crippen molar-refractivity contribution in [3.63, 3.8) is 0 Å². The normalized spacial score (nSPS) is 12.9. The van der Waals surface area contributed by atoms with E-state index in [0.717, 1.165) is 6.29 Å². The van der Waals surface area contributed by atoms with Crippen LogP contribution in [0.5, 0.6) is 0 Å². The third-order valence-corrected chi connectivity index (χ3v) is 1.41. The fourth-order valence-corrected chi connectivity index (χ4v) is 0.915. The van der Waals surface area contributed by atoms with Gasteiger partial charge in [-0.15, -0.1) is 0 Å². The molecule has 4 heteroatoms. The van der Waals surface area contributed by atoms with Crippen LogP contribution in [0.2, 0.25) is 0 Å². The van der Waals surface area contributed by atoms with Crippen LogP contribution >= 0.6 is 0 Å². The zero-order chi connectivity index (χ0) is 9.56. The Kier molecular flexibility index (Phi) is 5.28. The summed E-state index contributed by atoms with van der Waals surface area (Å²) in [6, 6.07) is -0.479. The van der Waals surface area contributed by atoms with Gasteiger partial charge in [0.1, 0.15) is 12.3 Å². The second kappa shape index (κ2) is 5.71. The van der Waals surface area contributed by atoms with Crippen LogP contribution < -0.4 is 5.32 Å². The molecule has 1 atom stereocenters. The standard InChI is InChI=1S/C8H15NO3/c1-6(2)9-7(8(11)12)4-3-5-10/h5-7,9H,3-4H2,1-2H3,(H,11,12)/t7-/m0/s1. The topological polar surface area (TPSA) is 66.4 Å². The van der Waals surface area contributed by atoms with Gasteiger partial charge in [-0.3, -0.25) is 4.79 Å². The zero-order valence-electron chi connectivity index (χ0n) is 7.41. The molecule has 4 nitrogen and oxygen atoms in total. The van der Waals surface area contributed by atoms with E-state index in [9.17, 15) is 9.59 Å². The Hall–Kier alpha value is -0.900. The summed E-state index contributed by atoms with van der Waals surface area (Å²) in [6.45, 7) is 3.74. The fraction of sp³-hybridized carbons (Fsp3) is 0.750. The first-order valence-corrected chi connectivity index (χ1v) is 4.00. The predicted molar refractivity (Wildman–Crippen MR) is 45.0 cm³/mol. The summed E-state index contributed by atoms with van der Waals surface area (Å²) in [7, 11) is 0. The lowest BCUT2D eigenvalue weighted by Gasteiger charge is -2.15. The number of hydrogen-bond acceptors (Lipinski definition) is 3. The molecule has 0 aliphatic heterocycles. The maximum atomic E-state index is 10.6. The van der Waals surface area contributed by atoms with Crippen molar-refractivity contribution in [2.75, 3.05) is 0 Å². The lowest BCUT2D eigenvalue weighted by Crippen LogP contribution is -2.40. The van der Waals surface area contributed by atoms with Gasteiger partial charge in [0.2, 0.25) is 0 Å². The Bertz CT molecular complexity index is 156. The molecule has 0 radical (unpaired) electrons. The van der Waals surface area contributed by atoms with Crippen molar-refractivity contribution in [2.45, 2.75) is 38.8 Å². The molecule has 0 aromatic carbocycles. The summed E-state index contributed by atoms with van der Waals surface area (Å²) in [5, 5.41) is 11.5. The van der Waals surface area contributed by atoms with Gasteiger partial charge in [0.25, 0.3) is 0 Å². The molecule has 0 amide bonds. The smallest absolute Gasteiger partial charge is 0.320 e. The van der Waals surface area contributed by atoms with Gasteiger partial charge in [-0.2, -0.15) is 0 Å². The summed E-state index contributed by atoms with van der Waals surface area (Å²) in [5.41, 5.74) is 0. The molecule has 2 N–H and O–H groups in total.